The molecule has 128 valence electrons. The number of amides is 1. The van der Waals surface area contributed by atoms with Crippen LogP contribution in [0.4, 0.5) is 13.2 Å². The van der Waals surface area contributed by atoms with Crippen molar-refractivity contribution in [3.63, 3.8) is 0 Å². The molecular weight excluding hydrogens is 313 g/mol. The highest BCUT2D eigenvalue weighted by Gasteiger charge is 2.34. The van der Waals surface area contributed by atoms with Crippen LogP contribution in [0.25, 0.3) is 0 Å². The fourth-order valence-electron chi connectivity index (χ4n) is 2.47. The molecule has 1 aromatic carbocycles. The summed E-state index contributed by atoms with van der Waals surface area (Å²) in [7, 11) is 1.29. The number of methoxy groups -OCH3 is 1. The number of nitrogens with two attached hydrogens (primary N) is 1. The molecule has 1 saturated heterocycles. The summed E-state index contributed by atoms with van der Waals surface area (Å²) in [4.78, 5) is 12.0. The average molecular weight is 332 g/mol. The van der Waals surface area contributed by atoms with Gasteiger partial charge in [0.15, 0.2) is 0 Å². The SMILES string of the molecule is COc1ccc(CNC(=O)[C@@H]2CC[C@H](CN)O2)c(C(F)(F)F)c1. The Balaban J connectivity index is 2.04. The lowest BCUT2D eigenvalue weighted by Gasteiger charge is -2.16. The quantitative estimate of drug-likeness (QED) is 0.863. The molecule has 1 fully saturated rings. The van der Waals surface area contributed by atoms with Gasteiger partial charge in [-0.2, -0.15) is 13.2 Å². The van der Waals surface area contributed by atoms with Gasteiger partial charge in [0.2, 0.25) is 5.91 Å². The smallest absolute Gasteiger partial charge is 0.416 e. The number of hydrogen-bond acceptors (Lipinski definition) is 4. The van der Waals surface area contributed by atoms with Gasteiger partial charge in [0, 0.05) is 13.1 Å². The van der Waals surface area contributed by atoms with Gasteiger partial charge in [-0.1, -0.05) is 6.07 Å². The second-order valence-electron chi connectivity index (χ2n) is 5.30. The molecule has 1 aliphatic heterocycles. The van der Waals surface area contributed by atoms with E-state index in [0.717, 1.165) is 6.07 Å². The molecule has 5 nitrogen and oxygen atoms in total. The van der Waals surface area contributed by atoms with E-state index in [0.29, 0.717) is 19.4 Å². The van der Waals surface area contributed by atoms with Crippen LogP contribution in [0.5, 0.6) is 5.75 Å². The van der Waals surface area contributed by atoms with Crippen LogP contribution in [0.3, 0.4) is 0 Å². The Morgan fingerprint density at radius 2 is 2.17 bits per heavy atom. The Labute approximate surface area is 131 Å². The number of rotatable bonds is 5. The Morgan fingerprint density at radius 3 is 2.74 bits per heavy atom. The molecule has 1 aliphatic rings. The molecule has 0 radical (unpaired) electrons. The minimum atomic E-state index is -4.52. The largest absolute Gasteiger partial charge is 0.497 e. The number of ether oxygens (including phenoxy) is 2. The Kier molecular flexibility index (Phi) is 5.48. The summed E-state index contributed by atoms with van der Waals surface area (Å²) in [5.41, 5.74) is 4.61. The van der Waals surface area contributed by atoms with Gasteiger partial charge in [-0.3, -0.25) is 4.79 Å². The summed E-state index contributed by atoms with van der Waals surface area (Å²) < 4.78 is 49.5. The highest BCUT2D eigenvalue weighted by atomic mass is 19.4. The van der Waals surface area contributed by atoms with Crippen molar-refractivity contribution >= 4 is 5.91 Å². The maximum absolute atomic E-state index is 13.1. The van der Waals surface area contributed by atoms with Crippen molar-refractivity contribution < 1.29 is 27.4 Å². The Bertz CT molecular complexity index is 563. The maximum Gasteiger partial charge on any atom is 0.416 e. The average Bonchev–Trinajstić information content (AvgIpc) is 3.00. The summed E-state index contributed by atoms with van der Waals surface area (Å²) >= 11 is 0. The number of halogens is 3. The maximum atomic E-state index is 13.1. The van der Waals surface area contributed by atoms with Crippen molar-refractivity contribution in [1.29, 1.82) is 0 Å². The van der Waals surface area contributed by atoms with Crippen LogP contribution in [-0.4, -0.2) is 31.8 Å². The first kappa shape index (κ1) is 17.6. The lowest BCUT2D eigenvalue weighted by molar-refractivity contribution is -0.139. The second-order valence-corrected chi connectivity index (χ2v) is 5.30. The molecule has 8 heteroatoms. The molecule has 0 unspecified atom stereocenters. The number of benzene rings is 1. The molecule has 1 amide bonds. The van der Waals surface area contributed by atoms with E-state index in [1.807, 2.05) is 0 Å². The van der Waals surface area contributed by atoms with Crippen molar-refractivity contribution in [3.05, 3.63) is 29.3 Å². The fourth-order valence-corrected chi connectivity index (χ4v) is 2.47. The predicted molar refractivity (Wildman–Crippen MR) is 76.8 cm³/mol. The van der Waals surface area contributed by atoms with Crippen molar-refractivity contribution in [2.75, 3.05) is 13.7 Å². The molecule has 1 heterocycles. The molecule has 1 aromatic rings. The van der Waals surface area contributed by atoms with Gasteiger partial charge in [0.05, 0.1) is 18.8 Å². The van der Waals surface area contributed by atoms with Gasteiger partial charge >= 0.3 is 6.18 Å². The first-order valence-corrected chi connectivity index (χ1v) is 7.22. The van der Waals surface area contributed by atoms with E-state index in [9.17, 15) is 18.0 Å². The zero-order valence-corrected chi connectivity index (χ0v) is 12.7. The van der Waals surface area contributed by atoms with Crippen molar-refractivity contribution in [2.24, 2.45) is 5.73 Å². The number of carbonyl (C=O) groups excluding carboxylic acids is 1. The van der Waals surface area contributed by atoms with Gasteiger partial charge < -0.3 is 20.5 Å². The highest BCUT2D eigenvalue weighted by molar-refractivity contribution is 5.81. The Hall–Kier alpha value is -1.80. The van der Waals surface area contributed by atoms with Gasteiger partial charge in [0.1, 0.15) is 11.9 Å². The third-order valence-electron chi connectivity index (χ3n) is 3.74. The van der Waals surface area contributed by atoms with E-state index in [1.165, 1.54) is 19.2 Å². The minimum absolute atomic E-state index is 0.0278. The first-order valence-electron chi connectivity index (χ1n) is 7.22. The summed E-state index contributed by atoms with van der Waals surface area (Å²) in [6, 6.07) is 3.63. The van der Waals surface area contributed by atoms with Crippen LogP contribution in [0.2, 0.25) is 0 Å². The van der Waals surface area contributed by atoms with E-state index in [2.05, 4.69) is 5.32 Å². The lowest BCUT2D eigenvalue weighted by Crippen LogP contribution is -2.35. The van der Waals surface area contributed by atoms with Crippen molar-refractivity contribution in [3.8, 4) is 5.75 Å². The molecule has 2 rings (SSSR count). The van der Waals surface area contributed by atoms with Gasteiger partial charge in [-0.05, 0) is 30.5 Å². The number of alkyl halides is 3. The predicted octanol–water partition coefficient (Wildman–Crippen LogP) is 1.84. The van der Waals surface area contributed by atoms with E-state index >= 15 is 0 Å². The zero-order valence-electron chi connectivity index (χ0n) is 12.7. The van der Waals surface area contributed by atoms with Crippen LogP contribution in [-0.2, 0) is 22.3 Å². The second kappa shape index (κ2) is 7.18. The molecule has 0 saturated carbocycles. The molecular formula is C15H19F3N2O3. The molecule has 0 spiro atoms. The molecule has 23 heavy (non-hydrogen) atoms. The van der Waals surface area contributed by atoms with Crippen LogP contribution in [0.15, 0.2) is 18.2 Å². The van der Waals surface area contributed by atoms with Crippen LogP contribution < -0.4 is 15.8 Å². The Morgan fingerprint density at radius 1 is 1.43 bits per heavy atom. The summed E-state index contributed by atoms with van der Waals surface area (Å²) in [6.07, 6.45) is -4.16. The molecule has 2 atom stereocenters. The fraction of sp³-hybridized carbons (Fsp3) is 0.533. The summed E-state index contributed by atoms with van der Waals surface area (Å²) in [5.74, 6) is -0.317. The highest BCUT2D eigenvalue weighted by Crippen LogP contribution is 2.34. The molecule has 3 N–H and O–H groups in total. The number of nitrogens with one attached hydrogen (secondary N) is 1. The van der Waals surface area contributed by atoms with E-state index in [4.69, 9.17) is 15.2 Å². The third-order valence-corrected chi connectivity index (χ3v) is 3.74. The zero-order chi connectivity index (χ0) is 17.0. The molecule has 0 bridgehead atoms. The minimum Gasteiger partial charge on any atom is -0.497 e. The number of hydrogen-bond donors (Lipinski definition) is 2. The van der Waals surface area contributed by atoms with Crippen LogP contribution in [0.1, 0.15) is 24.0 Å². The molecule has 0 aromatic heterocycles. The van der Waals surface area contributed by atoms with Crippen LogP contribution in [0, 0.1) is 0 Å². The normalized spacial score (nSPS) is 21.3. The van der Waals surface area contributed by atoms with E-state index in [-0.39, 0.29) is 24.0 Å². The molecule has 0 aliphatic carbocycles. The van der Waals surface area contributed by atoms with E-state index in [1.54, 1.807) is 0 Å². The summed E-state index contributed by atoms with van der Waals surface area (Å²) in [6.45, 7) is 0.0886. The van der Waals surface area contributed by atoms with Crippen LogP contribution >= 0.6 is 0 Å². The standard InChI is InChI=1S/C15H19F3N2O3/c1-22-10-3-2-9(12(6-10)15(16,17)18)8-20-14(21)13-5-4-11(7-19)23-13/h2-3,6,11,13H,4-5,7-8,19H2,1H3,(H,20,21)/t11-,13+/m1/s1. The van der Waals surface area contributed by atoms with Gasteiger partial charge in [0.25, 0.3) is 0 Å². The lowest BCUT2D eigenvalue weighted by atomic mass is 10.1. The number of carbonyl (C=O) groups is 1. The van der Waals surface area contributed by atoms with Gasteiger partial charge in [-0.25, -0.2) is 0 Å². The van der Waals surface area contributed by atoms with Crippen molar-refractivity contribution in [2.45, 2.75) is 37.8 Å². The van der Waals surface area contributed by atoms with Crippen molar-refractivity contribution in [1.82, 2.24) is 5.32 Å². The third kappa shape index (κ3) is 4.35. The topological polar surface area (TPSA) is 73.6 Å². The van der Waals surface area contributed by atoms with Gasteiger partial charge in [-0.15, -0.1) is 0 Å². The van der Waals surface area contributed by atoms with E-state index < -0.39 is 23.8 Å². The first-order chi connectivity index (χ1) is 10.8. The monoisotopic (exact) mass is 332 g/mol. The summed E-state index contributed by atoms with van der Waals surface area (Å²) in [5, 5.41) is 2.49.